The van der Waals surface area contributed by atoms with Gasteiger partial charge in [0.1, 0.15) is 11.9 Å². The van der Waals surface area contributed by atoms with E-state index in [-0.39, 0.29) is 12.2 Å². The minimum absolute atomic E-state index is 0.0657. The predicted octanol–water partition coefficient (Wildman–Crippen LogP) is 5.99. The summed E-state index contributed by atoms with van der Waals surface area (Å²) in [7, 11) is 1.70. The van der Waals surface area contributed by atoms with E-state index < -0.39 is 0 Å². The molecule has 4 rings (SSSR count). The molecule has 0 bridgehead atoms. The van der Waals surface area contributed by atoms with Gasteiger partial charge in [0.15, 0.2) is 0 Å². The van der Waals surface area contributed by atoms with E-state index in [9.17, 15) is 4.79 Å². The van der Waals surface area contributed by atoms with E-state index in [0.29, 0.717) is 0 Å². The summed E-state index contributed by atoms with van der Waals surface area (Å²) in [5.41, 5.74) is 3.15. The molecular weight excluding hydrogens is 358 g/mol. The second kappa shape index (κ2) is 8.01. The fourth-order valence-electron chi connectivity index (χ4n) is 3.66. The summed E-state index contributed by atoms with van der Waals surface area (Å²) >= 11 is 1.72. The number of anilines is 1. The number of amides is 1. The molecule has 5 heteroatoms. The highest BCUT2D eigenvalue weighted by Gasteiger charge is 2.19. The molecule has 1 fully saturated rings. The minimum Gasteiger partial charge on any atom is -0.496 e. The molecular formula is C22H23NO3S. The lowest BCUT2D eigenvalue weighted by molar-refractivity contribution is 0.114. The molecule has 0 aliphatic heterocycles. The Morgan fingerprint density at radius 3 is 2.78 bits per heavy atom. The average molecular weight is 381 g/mol. The number of methoxy groups -OCH3 is 1. The molecule has 1 aliphatic carbocycles. The zero-order chi connectivity index (χ0) is 18.6. The largest absolute Gasteiger partial charge is 0.496 e. The normalized spacial score (nSPS) is 14.4. The summed E-state index contributed by atoms with van der Waals surface area (Å²) in [6.07, 6.45) is 4.73. The maximum Gasteiger partial charge on any atom is 0.411 e. The van der Waals surface area contributed by atoms with Crippen LogP contribution >= 0.6 is 11.3 Å². The van der Waals surface area contributed by atoms with Gasteiger partial charge in [0.2, 0.25) is 0 Å². The zero-order valence-electron chi connectivity index (χ0n) is 15.4. The van der Waals surface area contributed by atoms with Crippen molar-refractivity contribution in [2.75, 3.05) is 12.4 Å². The summed E-state index contributed by atoms with van der Waals surface area (Å²) in [4.78, 5) is 12.2. The van der Waals surface area contributed by atoms with Gasteiger partial charge in [-0.3, -0.25) is 5.32 Å². The van der Waals surface area contributed by atoms with Crippen LogP contribution in [0.1, 0.15) is 36.8 Å². The van der Waals surface area contributed by atoms with Gasteiger partial charge in [-0.15, -0.1) is 11.3 Å². The van der Waals surface area contributed by atoms with Crippen molar-refractivity contribution >= 4 is 33.2 Å². The van der Waals surface area contributed by atoms with Crippen molar-refractivity contribution in [3.8, 4) is 5.75 Å². The average Bonchev–Trinajstić information content (AvgIpc) is 3.32. The van der Waals surface area contributed by atoms with Gasteiger partial charge in [-0.1, -0.05) is 18.2 Å². The molecule has 1 aromatic heterocycles. The molecule has 140 valence electrons. The number of carbonyl (C=O) groups excluding carboxylic acids is 1. The number of hydrogen-bond donors (Lipinski definition) is 1. The Kier molecular flexibility index (Phi) is 5.30. The first-order valence-electron chi connectivity index (χ1n) is 9.32. The molecule has 0 spiro atoms. The highest BCUT2D eigenvalue weighted by atomic mass is 32.1. The van der Waals surface area contributed by atoms with E-state index in [1.807, 2.05) is 30.3 Å². The van der Waals surface area contributed by atoms with Crippen LogP contribution < -0.4 is 10.1 Å². The van der Waals surface area contributed by atoms with Gasteiger partial charge < -0.3 is 9.47 Å². The first kappa shape index (κ1) is 17.9. The molecule has 1 saturated carbocycles. The molecule has 1 aliphatic rings. The molecule has 0 saturated heterocycles. The lowest BCUT2D eigenvalue weighted by atomic mass is 10.0. The number of nitrogens with one attached hydrogen (secondary N) is 1. The number of para-hydroxylation sites is 1. The minimum atomic E-state index is -0.359. The SMILES string of the molecule is COc1ccccc1Cc1csc2ccc(NC(=O)OC3CCCC3)cc12. The van der Waals surface area contributed by atoms with Crippen LogP contribution in [0.15, 0.2) is 47.8 Å². The van der Waals surface area contributed by atoms with Crippen LogP contribution in [0.2, 0.25) is 0 Å². The standard InChI is InChI=1S/C22H23NO3S/c1-25-20-9-5-2-6-15(20)12-16-14-27-21-11-10-17(13-19(16)21)23-22(24)26-18-7-3-4-8-18/h2,5-6,9-11,13-14,18H,3-4,7-8,12H2,1H3,(H,23,24). The molecule has 2 aromatic carbocycles. The highest BCUT2D eigenvalue weighted by molar-refractivity contribution is 7.17. The van der Waals surface area contributed by atoms with Crippen LogP contribution in [0.3, 0.4) is 0 Å². The number of benzene rings is 2. The van der Waals surface area contributed by atoms with Crippen LogP contribution in [-0.2, 0) is 11.2 Å². The molecule has 0 unspecified atom stereocenters. The van der Waals surface area contributed by atoms with Crippen molar-refractivity contribution in [1.82, 2.24) is 0 Å². The molecule has 4 nitrogen and oxygen atoms in total. The Morgan fingerprint density at radius 2 is 1.96 bits per heavy atom. The van der Waals surface area contributed by atoms with Gasteiger partial charge in [-0.2, -0.15) is 0 Å². The second-order valence-electron chi connectivity index (χ2n) is 6.90. The van der Waals surface area contributed by atoms with Gasteiger partial charge in [0.05, 0.1) is 7.11 Å². The fourth-order valence-corrected chi connectivity index (χ4v) is 4.60. The third kappa shape index (κ3) is 4.08. The third-order valence-corrected chi connectivity index (χ3v) is 6.06. The van der Waals surface area contributed by atoms with Gasteiger partial charge in [-0.25, -0.2) is 4.79 Å². The van der Waals surface area contributed by atoms with Crippen molar-refractivity contribution in [2.24, 2.45) is 0 Å². The van der Waals surface area contributed by atoms with Crippen LogP contribution in [0.5, 0.6) is 5.75 Å². The number of thiophene rings is 1. The van der Waals surface area contributed by atoms with Gasteiger partial charge >= 0.3 is 6.09 Å². The zero-order valence-corrected chi connectivity index (χ0v) is 16.2. The summed E-state index contributed by atoms with van der Waals surface area (Å²) < 4.78 is 12.2. The first-order chi connectivity index (χ1) is 13.2. The molecule has 0 atom stereocenters. The maximum atomic E-state index is 12.2. The summed E-state index contributed by atoms with van der Waals surface area (Å²) in [6.45, 7) is 0. The smallest absolute Gasteiger partial charge is 0.411 e. The quantitative estimate of drug-likeness (QED) is 0.590. The molecule has 1 amide bonds. The van der Waals surface area contributed by atoms with Crippen molar-refractivity contribution in [1.29, 1.82) is 0 Å². The van der Waals surface area contributed by atoms with Crippen LogP contribution in [-0.4, -0.2) is 19.3 Å². The lowest BCUT2D eigenvalue weighted by Gasteiger charge is -2.12. The number of carbonyl (C=O) groups is 1. The van der Waals surface area contributed by atoms with E-state index in [0.717, 1.165) is 54.5 Å². The topological polar surface area (TPSA) is 47.6 Å². The summed E-state index contributed by atoms with van der Waals surface area (Å²) in [6, 6.07) is 14.1. The predicted molar refractivity (Wildman–Crippen MR) is 110 cm³/mol. The first-order valence-corrected chi connectivity index (χ1v) is 10.2. The Balaban J connectivity index is 1.53. The Morgan fingerprint density at radius 1 is 1.15 bits per heavy atom. The van der Waals surface area contributed by atoms with Gasteiger partial charge in [0.25, 0.3) is 0 Å². The van der Waals surface area contributed by atoms with E-state index >= 15 is 0 Å². The van der Waals surface area contributed by atoms with Crippen molar-refractivity contribution < 1.29 is 14.3 Å². The monoisotopic (exact) mass is 381 g/mol. The molecule has 3 aromatic rings. The van der Waals surface area contributed by atoms with Gasteiger partial charge in [0, 0.05) is 16.8 Å². The van der Waals surface area contributed by atoms with Crippen LogP contribution in [0.25, 0.3) is 10.1 Å². The fraction of sp³-hybridized carbons (Fsp3) is 0.318. The molecule has 1 heterocycles. The number of hydrogen-bond acceptors (Lipinski definition) is 4. The van der Waals surface area contributed by atoms with E-state index in [2.05, 4.69) is 22.8 Å². The second-order valence-corrected chi connectivity index (χ2v) is 7.81. The number of rotatable bonds is 5. The molecule has 1 N–H and O–H groups in total. The number of ether oxygens (including phenoxy) is 2. The van der Waals surface area contributed by atoms with Crippen molar-refractivity contribution in [3.05, 3.63) is 59.0 Å². The Labute approximate surface area is 163 Å². The van der Waals surface area contributed by atoms with E-state index in [1.165, 1.54) is 10.3 Å². The van der Waals surface area contributed by atoms with Crippen LogP contribution in [0.4, 0.5) is 10.5 Å². The summed E-state index contributed by atoms with van der Waals surface area (Å²) in [5, 5.41) is 6.22. The Bertz CT molecular complexity index is 944. The van der Waals surface area contributed by atoms with Crippen molar-refractivity contribution in [3.63, 3.8) is 0 Å². The Hall–Kier alpha value is -2.53. The molecule has 0 radical (unpaired) electrons. The number of fused-ring (bicyclic) bond motifs is 1. The third-order valence-electron chi connectivity index (χ3n) is 5.05. The summed E-state index contributed by atoms with van der Waals surface area (Å²) in [5.74, 6) is 0.895. The van der Waals surface area contributed by atoms with Crippen LogP contribution in [0, 0.1) is 0 Å². The molecule has 27 heavy (non-hydrogen) atoms. The van der Waals surface area contributed by atoms with Gasteiger partial charge in [-0.05, 0) is 71.8 Å². The van der Waals surface area contributed by atoms with E-state index in [1.54, 1.807) is 18.4 Å². The highest BCUT2D eigenvalue weighted by Crippen LogP contribution is 2.32. The maximum absolute atomic E-state index is 12.2. The van der Waals surface area contributed by atoms with E-state index in [4.69, 9.17) is 9.47 Å². The lowest BCUT2D eigenvalue weighted by Crippen LogP contribution is -2.20. The van der Waals surface area contributed by atoms with Crippen molar-refractivity contribution in [2.45, 2.75) is 38.2 Å².